The molecule has 25 nitrogen and oxygen atoms in total. The fourth-order valence-electron chi connectivity index (χ4n) is 11.5. The number of halogens is 1. The third kappa shape index (κ3) is 24.9. The van der Waals surface area contributed by atoms with Gasteiger partial charge in [0.1, 0.15) is 30.8 Å². The summed E-state index contributed by atoms with van der Waals surface area (Å²) in [5.74, 6) is -5.21. The molecule has 0 saturated carbocycles. The first kappa shape index (κ1) is 79.3. The van der Waals surface area contributed by atoms with Gasteiger partial charge in [0, 0.05) is 60.1 Å². The lowest BCUT2D eigenvalue weighted by Crippen LogP contribution is -2.60. The number of likely N-dealkylation sites (N-methyl/N-ethyl adjacent to an activating group) is 2. The molecule has 1 heterocycles. The average Bonchev–Trinajstić information content (AvgIpc) is 2.06. The Balaban J connectivity index is 1.69. The van der Waals surface area contributed by atoms with Crippen molar-refractivity contribution in [3.05, 3.63) is 65.7 Å². The molecule has 2 aromatic carbocycles. The van der Waals surface area contributed by atoms with E-state index in [1.165, 1.54) is 26.2 Å². The van der Waals surface area contributed by atoms with Crippen molar-refractivity contribution >= 4 is 81.0 Å². The van der Waals surface area contributed by atoms with Crippen molar-refractivity contribution in [2.45, 2.75) is 201 Å². The van der Waals surface area contributed by atoms with Crippen LogP contribution in [0.15, 0.2) is 54.6 Å². The summed E-state index contributed by atoms with van der Waals surface area (Å²) in [5.41, 5.74) is 6.80. The number of unbranched alkanes of at least 4 members (excludes halogenated alkanes) is 2. The van der Waals surface area contributed by atoms with Gasteiger partial charge in [-0.05, 0) is 92.4 Å². The lowest BCUT2D eigenvalue weighted by molar-refractivity contribution is -0.148. The number of anilines is 1. The number of hydrogen-bond donors (Lipinski definition) is 9. The van der Waals surface area contributed by atoms with Crippen molar-refractivity contribution in [3.8, 4) is 0 Å². The zero-order valence-electron chi connectivity index (χ0n) is 56.5. The normalized spacial score (nSPS) is 16.7. The minimum Gasteiger partial charge on any atom is -0.445 e. The summed E-state index contributed by atoms with van der Waals surface area (Å²) in [6.45, 7) is 18.9. The van der Waals surface area contributed by atoms with E-state index in [-0.39, 0.29) is 79.6 Å². The van der Waals surface area contributed by atoms with Crippen LogP contribution < -0.4 is 43.0 Å². The molecule has 26 heteroatoms. The molecule has 516 valence electrons. The van der Waals surface area contributed by atoms with E-state index in [2.05, 4.69) is 53.1 Å². The van der Waals surface area contributed by atoms with E-state index in [1.54, 1.807) is 109 Å². The highest BCUT2D eigenvalue weighted by Crippen LogP contribution is 2.30. The number of carbonyl (C=O) groups excluding carboxylic acids is 10. The number of benzene rings is 2. The second kappa shape index (κ2) is 40.3. The van der Waals surface area contributed by atoms with Crippen molar-refractivity contribution in [2.24, 2.45) is 35.3 Å². The van der Waals surface area contributed by atoms with Crippen LogP contribution in [0.3, 0.4) is 0 Å². The van der Waals surface area contributed by atoms with Crippen molar-refractivity contribution in [3.63, 3.8) is 0 Å². The molecule has 11 amide bonds. The van der Waals surface area contributed by atoms with Gasteiger partial charge in [-0.2, -0.15) is 0 Å². The predicted molar refractivity (Wildman–Crippen MR) is 354 cm³/mol. The number of primary amides is 1. The second-order valence-electron chi connectivity index (χ2n) is 25.1. The maximum Gasteiger partial charge on any atom is 0.410 e. The number of likely N-dealkylation sites (tertiary alicyclic amines) is 1. The monoisotopic (exact) mass is 1360 g/mol. The van der Waals surface area contributed by atoms with Gasteiger partial charge in [-0.3, -0.25) is 43.3 Å². The summed E-state index contributed by atoms with van der Waals surface area (Å²) in [4.78, 5) is 139. The zero-order valence-corrected chi connectivity index (χ0v) is 58.1. The largest absolute Gasteiger partial charge is 0.445 e. The Kier molecular flexibility index (Phi) is 34.7. The topological polar surface area (TPSA) is 339 Å². The molecule has 1 aliphatic heterocycles. The summed E-state index contributed by atoms with van der Waals surface area (Å²) in [6, 6.07) is 8.90. The quantitative estimate of drug-likeness (QED) is 0.0288. The molecule has 1 fully saturated rings. The number of aliphatic hydroxyl groups excluding tert-OH is 1. The maximum absolute atomic E-state index is 14.8. The Bertz CT molecular complexity index is 2690. The van der Waals surface area contributed by atoms with E-state index in [0.717, 1.165) is 0 Å². The number of aliphatic hydroxyl groups is 1. The van der Waals surface area contributed by atoms with Gasteiger partial charge in [0.15, 0.2) is 0 Å². The Morgan fingerprint density at radius 3 is 1.92 bits per heavy atom. The lowest BCUT2D eigenvalue weighted by atomic mass is 9.89. The number of nitrogens with two attached hydrogens (primary N) is 1. The van der Waals surface area contributed by atoms with E-state index in [9.17, 15) is 53.1 Å². The third-order valence-electron chi connectivity index (χ3n) is 17.1. The van der Waals surface area contributed by atoms with Gasteiger partial charge in [0.2, 0.25) is 47.3 Å². The van der Waals surface area contributed by atoms with E-state index in [4.69, 9.17) is 19.9 Å². The highest BCUT2D eigenvalue weighted by atomic mass is 79.9. The third-order valence-corrected chi connectivity index (χ3v) is 17.6. The molecule has 0 aromatic heterocycles. The fourth-order valence-corrected chi connectivity index (χ4v) is 11.7. The predicted octanol–water partition coefficient (Wildman–Crippen LogP) is 5.66. The lowest BCUT2D eigenvalue weighted by Gasteiger charge is -2.41. The molecule has 0 aliphatic carbocycles. The van der Waals surface area contributed by atoms with E-state index < -0.39 is 114 Å². The van der Waals surface area contributed by atoms with Crippen molar-refractivity contribution in [2.75, 3.05) is 58.6 Å². The van der Waals surface area contributed by atoms with E-state index >= 15 is 0 Å². The zero-order chi connectivity index (χ0) is 68.9. The van der Waals surface area contributed by atoms with Crippen LogP contribution in [-0.2, 0) is 59.2 Å². The Morgan fingerprint density at radius 1 is 0.707 bits per heavy atom. The van der Waals surface area contributed by atoms with Crippen molar-refractivity contribution in [1.29, 1.82) is 0 Å². The first-order valence-electron chi connectivity index (χ1n) is 32.2. The molecule has 0 radical (unpaired) electrons. The molecule has 1 aliphatic rings. The van der Waals surface area contributed by atoms with Crippen LogP contribution in [0, 0.1) is 29.6 Å². The molecule has 0 bridgehead atoms. The first-order chi connectivity index (χ1) is 43.5. The maximum atomic E-state index is 14.8. The Morgan fingerprint density at radius 2 is 1.35 bits per heavy atom. The number of hydrogen-bond acceptors (Lipinski definition) is 14. The van der Waals surface area contributed by atoms with E-state index in [0.29, 0.717) is 68.4 Å². The summed E-state index contributed by atoms with van der Waals surface area (Å²) >= 11 is 3.10. The molecule has 2 aromatic rings. The van der Waals surface area contributed by atoms with Crippen molar-refractivity contribution in [1.82, 2.24) is 46.6 Å². The van der Waals surface area contributed by atoms with Crippen LogP contribution in [0.4, 0.5) is 15.3 Å². The number of carbonyl (C=O) groups is 10. The van der Waals surface area contributed by atoms with Crippen molar-refractivity contribution < 1.29 is 67.3 Å². The second-order valence-corrected chi connectivity index (χ2v) is 25.7. The molecule has 1 saturated heterocycles. The van der Waals surface area contributed by atoms with Gasteiger partial charge in [-0.25, -0.2) is 9.59 Å². The van der Waals surface area contributed by atoms with Gasteiger partial charge < -0.3 is 72.1 Å². The number of ether oxygens (including phenoxy) is 3. The number of nitrogens with zero attached hydrogens (tertiary/aromatic N) is 3. The number of amides is 11. The number of alkyl halides is 1. The highest BCUT2D eigenvalue weighted by Gasteiger charge is 2.44. The van der Waals surface area contributed by atoms with Gasteiger partial charge in [-0.15, -0.1) is 0 Å². The Labute approximate surface area is 552 Å². The molecular weight excluding hydrogens is 1250 g/mol. The smallest absolute Gasteiger partial charge is 0.410 e. The summed E-state index contributed by atoms with van der Waals surface area (Å²) in [5, 5.41) is 30.6. The molecule has 92 heavy (non-hydrogen) atoms. The molecule has 3 rings (SSSR count). The van der Waals surface area contributed by atoms with Gasteiger partial charge in [0.05, 0.1) is 54.1 Å². The van der Waals surface area contributed by atoms with Crippen LogP contribution in [0.1, 0.15) is 151 Å². The van der Waals surface area contributed by atoms with Crippen LogP contribution in [0.2, 0.25) is 0 Å². The fraction of sp³-hybridized carbons (Fsp3) is 0.667. The number of nitrogens with one attached hydrogen (secondary N) is 7. The number of urea groups is 1. The summed E-state index contributed by atoms with van der Waals surface area (Å²) in [6.07, 6.45) is 1.08. The summed E-state index contributed by atoms with van der Waals surface area (Å²) in [7, 11) is 6.09. The first-order valence-corrected chi connectivity index (χ1v) is 33.4. The SMILES string of the molecule is CC[C@H](C)[C@@H]([C@H](CC(=O)N1CCC[C@H]1[C@H](OC)[C@@H](C)C(=O)N[C@H](C)[C@@H](O)c1ccccc1)OC)N(C)C(=O)[C@@H](NC(=O)[C@H](C(C)C)N(C)C(=O)OCc1ccc(NC(=O)[C@H](CCCNC(N)=O)NC(=O)[C@@H](NC(=O)CCCCCNC(=O)CBr)C(C)C)cc1)C(C)C. The average molecular weight is 1360 g/mol. The standard InChI is InChI=1S/C66H106BrN11O14/c1-15-42(8)57(50(90-13)36-53(81)78-35-23-27-49(78)59(91-14)43(9)60(83)71-44(10)58(82)46-24-18-16-19-25-46)76(11)64(87)55(40(4)5)75-63(86)56(41(6)7)77(12)66(89)92-38-45-29-31-47(32-30-45)72-61(84)48(26-22-34-70-65(68)88)73-62(85)54(39(2)3)74-51(79)28-20-17-21-33-69-52(80)37-67/h16,18-19,24-25,29-32,39-44,48-50,54-59,82H,15,17,20-23,26-28,33-38H2,1-14H3,(H,69,80)(H,71,83)(H,72,84)(H,73,85)(H,74,79)(H,75,86)(H3,68,70,88)/t42-,43+,44+,48-,49-,50-,54-,55-,56-,57-,58+,59+/m0/s1. The van der Waals surface area contributed by atoms with Crippen LogP contribution in [0.25, 0.3) is 0 Å². The molecule has 12 atom stereocenters. The van der Waals surface area contributed by atoms with Gasteiger partial charge >= 0.3 is 12.1 Å². The van der Waals surface area contributed by atoms with Gasteiger partial charge in [0.25, 0.3) is 0 Å². The minimum absolute atomic E-state index is 0.0879. The Hall–Kier alpha value is -6.90. The van der Waals surface area contributed by atoms with E-state index in [1.807, 2.05) is 32.0 Å². The molecule has 0 unspecified atom stereocenters. The summed E-state index contributed by atoms with van der Waals surface area (Å²) < 4.78 is 17.8. The van der Waals surface area contributed by atoms with Crippen LogP contribution in [-0.4, -0.2) is 187 Å². The van der Waals surface area contributed by atoms with Gasteiger partial charge in [-0.1, -0.05) is 134 Å². The minimum atomic E-state index is -1.09. The number of methoxy groups -OCH3 is 2. The highest BCUT2D eigenvalue weighted by molar-refractivity contribution is 9.09. The molecule has 0 spiro atoms. The molecular formula is C66H106BrN11O14. The van der Waals surface area contributed by atoms with Crippen LogP contribution >= 0.6 is 15.9 Å². The molecule has 10 N–H and O–H groups in total. The number of rotatable bonds is 39. The van der Waals surface area contributed by atoms with Crippen LogP contribution in [0.5, 0.6) is 0 Å².